The van der Waals surface area contributed by atoms with Crippen molar-refractivity contribution in [3.05, 3.63) is 69.3 Å². The number of rotatable bonds is 5. The minimum atomic E-state index is -0.485. The Kier molecular flexibility index (Phi) is 5.90. The molecule has 1 aliphatic heterocycles. The van der Waals surface area contributed by atoms with Crippen molar-refractivity contribution in [1.29, 1.82) is 5.26 Å². The molecule has 144 valence electrons. The minimum Gasteiger partial charge on any atom is -0.371 e. The Balaban J connectivity index is 1.86. The van der Waals surface area contributed by atoms with Crippen LogP contribution in [-0.2, 0) is 0 Å². The number of nitro groups is 1. The number of amides is 1. The van der Waals surface area contributed by atoms with Gasteiger partial charge in [-0.2, -0.15) is 5.26 Å². The van der Waals surface area contributed by atoms with Crippen LogP contribution in [0.5, 0.6) is 0 Å². The molecule has 1 aliphatic rings. The Morgan fingerprint density at radius 3 is 2.46 bits per heavy atom. The zero-order valence-electron chi connectivity index (χ0n) is 15.7. The molecule has 28 heavy (non-hydrogen) atoms. The van der Waals surface area contributed by atoms with Gasteiger partial charge in [-0.15, -0.1) is 0 Å². The van der Waals surface area contributed by atoms with Gasteiger partial charge in [0.25, 0.3) is 11.6 Å². The Hall–Kier alpha value is -3.40. The average Bonchev–Trinajstić information content (AvgIpc) is 2.73. The Morgan fingerprint density at radius 1 is 1.18 bits per heavy atom. The summed E-state index contributed by atoms with van der Waals surface area (Å²) in [6.45, 7) is 3.52. The lowest BCUT2D eigenvalue weighted by molar-refractivity contribution is -0.384. The summed E-state index contributed by atoms with van der Waals surface area (Å²) < 4.78 is 0. The van der Waals surface area contributed by atoms with Crippen LogP contribution in [-0.4, -0.2) is 23.9 Å². The topological polar surface area (TPSA) is 99.3 Å². The number of benzene rings is 2. The largest absolute Gasteiger partial charge is 0.371 e. The lowest BCUT2D eigenvalue weighted by Crippen LogP contribution is -2.33. The van der Waals surface area contributed by atoms with E-state index in [2.05, 4.69) is 16.3 Å². The summed E-state index contributed by atoms with van der Waals surface area (Å²) in [4.78, 5) is 25.8. The summed E-state index contributed by atoms with van der Waals surface area (Å²) in [5.74, 6) is -0.346. The van der Waals surface area contributed by atoms with Gasteiger partial charge in [0.2, 0.25) is 0 Å². The van der Waals surface area contributed by atoms with Crippen LogP contribution in [0.2, 0.25) is 0 Å². The Morgan fingerprint density at radius 2 is 1.86 bits per heavy atom. The van der Waals surface area contributed by atoms with E-state index in [9.17, 15) is 14.9 Å². The molecule has 0 bridgehead atoms. The monoisotopic (exact) mass is 378 g/mol. The molecule has 1 atom stereocenters. The first-order valence-electron chi connectivity index (χ1n) is 9.34. The quantitative estimate of drug-likeness (QED) is 0.627. The first kappa shape index (κ1) is 19.4. The molecule has 2 aromatic carbocycles. The molecule has 0 aromatic heterocycles. The average molecular weight is 378 g/mol. The lowest BCUT2D eigenvalue weighted by atomic mass is 10.0. The van der Waals surface area contributed by atoms with Gasteiger partial charge in [0, 0.05) is 25.2 Å². The summed E-state index contributed by atoms with van der Waals surface area (Å²) in [6, 6.07) is 13.2. The van der Waals surface area contributed by atoms with Crippen molar-refractivity contribution in [1.82, 2.24) is 5.32 Å². The van der Waals surface area contributed by atoms with Crippen molar-refractivity contribution in [2.45, 2.75) is 32.2 Å². The number of nitro benzene ring substituents is 1. The van der Waals surface area contributed by atoms with Crippen molar-refractivity contribution < 1.29 is 9.72 Å². The maximum Gasteiger partial charge on any atom is 0.270 e. The van der Waals surface area contributed by atoms with E-state index >= 15 is 0 Å². The number of nitriles is 1. The first-order valence-corrected chi connectivity index (χ1v) is 9.34. The molecule has 2 aromatic rings. The minimum absolute atomic E-state index is 0.100. The molecular weight excluding hydrogens is 356 g/mol. The van der Waals surface area contributed by atoms with Gasteiger partial charge in [-0.3, -0.25) is 14.9 Å². The van der Waals surface area contributed by atoms with Crippen molar-refractivity contribution in [2.75, 3.05) is 18.0 Å². The molecule has 3 rings (SSSR count). The van der Waals surface area contributed by atoms with Crippen LogP contribution in [0.15, 0.2) is 42.5 Å². The molecule has 0 saturated carbocycles. The molecule has 1 heterocycles. The van der Waals surface area contributed by atoms with E-state index in [1.807, 2.05) is 6.92 Å². The van der Waals surface area contributed by atoms with Gasteiger partial charge in [0.05, 0.1) is 33.8 Å². The molecule has 1 amide bonds. The Labute approximate surface area is 163 Å². The zero-order valence-corrected chi connectivity index (χ0v) is 15.7. The molecule has 1 N–H and O–H groups in total. The summed E-state index contributed by atoms with van der Waals surface area (Å²) in [7, 11) is 0. The van der Waals surface area contributed by atoms with Gasteiger partial charge in [0.15, 0.2) is 0 Å². The van der Waals surface area contributed by atoms with E-state index in [-0.39, 0.29) is 17.6 Å². The van der Waals surface area contributed by atoms with Gasteiger partial charge < -0.3 is 10.2 Å². The smallest absolute Gasteiger partial charge is 0.270 e. The van der Waals surface area contributed by atoms with E-state index in [1.165, 1.54) is 12.1 Å². The van der Waals surface area contributed by atoms with E-state index in [0.29, 0.717) is 11.1 Å². The van der Waals surface area contributed by atoms with Crippen molar-refractivity contribution >= 4 is 17.3 Å². The molecule has 1 fully saturated rings. The first-order chi connectivity index (χ1) is 13.5. The fourth-order valence-corrected chi connectivity index (χ4v) is 3.43. The SMILES string of the molecule is CC(NC(=O)c1cc([N+](=O)[O-])ccc1N1CCCCC1)c1ccc(C#N)cc1. The second kappa shape index (κ2) is 8.53. The van der Waals surface area contributed by atoms with Crippen LogP contribution in [0.3, 0.4) is 0 Å². The standard InChI is InChI=1S/C21H22N4O3/c1-15(17-7-5-16(14-22)6-8-17)23-21(26)19-13-18(25(27)28)9-10-20(19)24-11-3-2-4-12-24/h5-10,13,15H,2-4,11-12H2,1H3,(H,23,26). The van der Waals surface area contributed by atoms with E-state index < -0.39 is 4.92 Å². The zero-order chi connectivity index (χ0) is 20.1. The van der Waals surface area contributed by atoms with Gasteiger partial charge in [0.1, 0.15) is 0 Å². The summed E-state index contributed by atoms with van der Waals surface area (Å²) in [5.41, 5.74) is 2.36. The highest BCUT2D eigenvalue weighted by Crippen LogP contribution is 2.28. The number of hydrogen-bond donors (Lipinski definition) is 1. The highest BCUT2D eigenvalue weighted by molar-refractivity contribution is 6.00. The summed E-state index contributed by atoms with van der Waals surface area (Å²) in [5, 5.41) is 23.0. The number of piperidine rings is 1. The van der Waals surface area contributed by atoms with Gasteiger partial charge >= 0.3 is 0 Å². The third kappa shape index (κ3) is 4.29. The van der Waals surface area contributed by atoms with Gasteiger partial charge in [-0.1, -0.05) is 12.1 Å². The molecule has 7 heteroatoms. The van der Waals surface area contributed by atoms with Crippen molar-refractivity contribution in [3.63, 3.8) is 0 Å². The van der Waals surface area contributed by atoms with Gasteiger partial charge in [-0.05, 0) is 49.9 Å². The van der Waals surface area contributed by atoms with Crippen LogP contribution < -0.4 is 10.2 Å². The number of nitrogens with one attached hydrogen (secondary N) is 1. The van der Waals surface area contributed by atoms with E-state index in [1.54, 1.807) is 30.3 Å². The number of carbonyl (C=O) groups is 1. The Bertz CT molecular complexity index is 912. The van der Waals surface area contributed by atoms with Crippen LogP contribution in [0, 0.1) is 21.4 Å². The number of anilines is 1. The highest BCUT2D eigenvalue weighted by atomic mass is 16.6. The predicted octanol–water partition coefficient (Wildman–Crippen LogP) is 3.95. The van der Waals surface area contributed by atoms with Crippen molar-refractivity contribution in [3.8, 4) is 6.07 Å². The van der Waals surface area contributed by atoms with Crippen LogP contribution >= 0.6 is 0 Å². The summed E-state index contributed by atoms with van der Waals surface area (Å²) >= 11 is 0. The van der Waals surface area contributed by atoms with E-state index in [4.69, 9.17) is 5.26 Å². The molecule has 1 saturated heterocycles. The third-order valence-corrected chi connectivity index (χ3v) is 5.02. The molecule has 1 unspecified atom stereocenters. The predicted molar refractivity (Wildman–Crippen MR) is 106 cm³/mol. The second-order valence-corrected chi connectivity index (χ2v) is 6.94. The molecule has 7 nitrogen and oxygen atoms in total. The van der Waals surface area contributed by atoms with Crippen LogP contribution in [0.1, 0.15) is 53.7 Å². The van der Waals surface area contributed by atoms with Crippen LogP contribution in [0.25, 0.3) is 0 Å². The number of non-ortho nitro benzene ring substituents is 1. The fourth-order valence-electron chi connectivity index (χ4n) is 3.43. The van der Waals surface area contributed by atoms with E-state index in [0.717, 1.165) is 43.6 Å². The third-order valence-electron chi connectivity index (χ3n) is 5.02. The number of hydrogen-bond acceptors (Lipinski definition) is 5. The molecule has 0 aliphatic carbocycles. The number of carbonyl (C=O) groups excluding carboxylic acids is 1. The second-order valence-electron chi connectivity index (χ2n) is 6.94. The number of nitrogens with zero attached hydrogens (tertiary/aromatic N) is 3. The normalized spacial score (nSPS) is 14.8. The summed E-state index contributed by atoms with van der Waals surface area (Å²) in [6.07, 6.45) is 3.24. The maximum atomic E-state index is 13.0. The highest BCUT2D eigenvalue weighted by Gasteiger charge is 2.23. The van der Waals surface area contributed by atoms with Crippen molar-refractivity contribution in [2.24, 2.45) is 0 Å². The molecular formula is C21H22N4O3. The molecule has 0 radical (unpaired) electrons. The lowest BCUT2D eigenvalue weighted by Gasteiger charge is -2.30. The maximum absolute atomic E-state index is 13.0. The van der Waals surface area contributed by atoms with Gasteiger partial charge in [-0.25, -0.2) is 0 Å². The fraction of sp³-hybridized carbons (Fsp3) is 0.333. The van der Waals surface area contributed by atoms with Crippen LogP contribution in [0.4, 0.5) is 11.4 Å². The molecule has 0 spiro atoms.